The molecule has 0 saturated carbocycles. The van der Waals surface area contributed by atoms with Crippen LogP contribution in [0.4, 0.5) is 0 Å². The van der Waals surface area contributed by atoms with Gasteiger partial charge in [0, 0.05) is 41.7 Å². The second-order valence-corrected chi connectivity index (χ2v) is 8.49. The summed E-state index contributed by atoms with van der Waals surface area (Å²) in [5.41, 5.74) is 2.08. The Morgan fingerprint density at radius 1 is 1.00 bits per heavy atom. The van der Waals surface area contributed by atoms with E-state index in [4.69, 9.17) is 4.74 Å². The van der Waals surface area contributed by atoms with Crippen LogP contribution in [0.5, 0.6) is 0 Å². The molecule has 5 nitrogen and oxygen atoms in total. The lowest BCUT2D eigenvalue weighted by molar-refractivity contribution is -0.121. The zero-order valence-electron chi connectivity index (χ0n) is 15.7. The van der Waals surface area contributed by atoms with Crippen LogP contribution in [0.3, 0.4) is 0 Å². The molecule has 0 amide bonds. The monoisotopic (exact) mass is 373 g/mol. The summed E-state index contributed by atoms with van der Waals surface area (Å²) in [6, 6.07) is 9.42. The van der Waals surface area contributed by atoms with Gasteiger partial charge in [-0.15, -0.1) is 0 Å². The molecule has 140 valence electrons. The van der Waals surface area contributed by atoms with Crippen LogP contribution < -0.4 is 0 Å². The van der Waals surface area contributed by atoms with E-state index in [1.807, 2.05) is 44.2 Å². The first-order valence-corrected chi connectivity index (χ1v) is 9.43. The second kappa shape index (κ2) is 5.71. The molecule has 0 saturated heterocycles. The number of benzene rings is 1. The third-order valence-corrected chi connectivity index (χ3v) is 5.82. The van der Waals surface area contributed by atoms with Crippen LogP contribution in [-0.4, -0.2) is 30.1 Å². The Kier molecular flexibility index (Phi) is 3.48. The molecule has 0 radical (unpaired) electrons. The molecule has 5 rings (SSSR count). The number of hydrogen-bond acceptors (Lipinski definition) is 5. The van der Waals surface area contributed by atoms with E-state index in [0.717, 1.165) is 5.56 Å². The van der Waals surface area contributed by atoms with E-state index in [2.05, 4.69) is 4.99 Å². The summed E-state index contributed by atoms with van der Waals surface area (Å²) in [7, 11) is 0. The summed E-state index contributed by atoms with van der Waals surface area (Å²) in [6.45, 7) is 4.23. The lowest BCUT2D eigenvalue weighted by atomic mass is 9.67. The molecule has 2 aliphatic carbocycles. The summed E-state index contributed by atoms with van der Waals surface area (Å²) in [5, 5.41) is 0. The molecule has 1 aromatic carbocycles. The maximum absolute atomic E-state index is 13.3. The summed E-state index contributed by atoms with van der Waals surface area (Å²) in [6.07, 6.45) is 2.41. The average Bonchev–Trinajstić information content (AvgIpc) is 3.14. The molecule has 0 N–H and O–H groups in total. The minimum Gasteiger partial charge on any atom is -0.457 e. The van der Waals surface area contributed by atoms with E-state index in [1.54, 1.807) is 0 Å². The van der Waals surface area contributed by atoms with Crippen molar-refractivity contribution in [1.82, 2.24) is 0 Å². The maximum atomic E-state index is 13.3. The average molecular weight is 373 g/mol. The molecule has 28 heavy (non-hydrogen) atoms. The van der Waals surface area contributed by atoms with E-state index in [0.29, 0.717) is 35.3 Å². The van der Waals surface area contributed by atoms with E-state index in [1.165, 1.54) is 6.21 Å². The van der Waals surface area contributed by atoms with Crippen molar-refractivity contribution < 1.29 is 19.1 Å². The molecule has 1 atom stereocenters. The summed E-state index contributed by atoms with van der Waals surface area (Å²) in [4.78, 5) is 43.6. The second-order valence-electron chi connectivity index (χ2n) is 8.49. The van der Waals surface area contributed by atoms with Crippen LogP contribution in [0, 0.1) is 5.41 Å². The first-order valence-electron chi connectivity index (χ1n) is 9.43. The molecule has 0 fully saturated rings. The van der Waals surface area contributed by atoms with Crippen LogP contribution in [0.1, 0.15) is 38.2 Å². The number of nitrogens with zero attached hydrogens (tertiary/aromatic N) is 1. The van der Waals surface area contributed by atoms with Gasteiger partial charge < -0.3 is 4.74 Å². The fourth-order valence-electron chi connectivity index (χ4n) is 4.59. The zero-order valence-corrected chi connectivity index (χ0v) is 15.7. The Hall–Kier alpha value is -3.08. The SMILES string of the molecule is CC1(C)CC(=O)C2=C(C1)OC1=C(C(=O)C3=C(CN=C3)C1=O)C2c1ccccc1. The summed E-state index contributed by atoms with van der Waals surface area (Å²) in [5.74, 6) is -0.547. The Bertz CT molecular complexity index is 1080. The molecule has 0 aromatic heterocycles. The number of allylic oxidation sites excluding steroid dienone is 5. The van der Waals surface area contributed by atoms with E-state index in [9.17, 15) is 14.4 Å². The number of aliphatic imine (C=N–C) groups is 1. The van der Waals surface area contributed by atoms with Crippen molar-refractivity contribution in [2.45, 2.75) is 32.6 Å². The summed E-state index contributed by atoms with van der Waals surface area (Å²) < 4.78 is 6.02. The Labute approximate surface area is 162 Å². The molecule has 2 heterocycles. The molecule has 4 aliphatic rings. The van der Waals surface area contributed by atoms with Gasteiger partial charge in [0.25, 0.3) is 0 Å². The first kappa shape index (κ1) is 17.0. The van der Waals surface area contributed by atoms with E-state index in [-0.39, 0.29) is 40.6 Å². The fraction of sp³-hybridized carbons (Fsp3) is 0.304. The smallest absolute Gasteiger partial charge is 0.227 e. The number of carbonyl (C=O) groups is 3. The molecular weight excluding hydrogens is 354 g/mol. The molecule has 2 aliphatic heterocycles. The van der Waals surface area contributed by atoms with Crippen molar-refractivity contribution in [2.24, 2.45) is 10.4 Å². The van der Waals surface area contributed by atoms with Gasteiger partial charge in [-0.2, -0.15) is 0 Å². The molecule has 1 aromatic rings. The van der Waals surface area contributed by atoms with Crippen LogP contribution in [0.15, 0.2) is 69.1 Å². The Balaban J connectivity index is 1.74. The molecule has 1 unspecified atom stereocenters. The number of ether oxygens (including phenoxy) is 1. The highest BCUT2D eigenvalue weighted by molar-refractivity contribution is 6.34. The number of Topliss-reactive ketones (excluding diaryl/α,β-unsaturated/α-hetero) is 3. The number of carbonyl (C=O) groups excluding carboxylic acids is 3. The predicted octanol–water partition coefficient (Wildman–Crippen LogP) is 3.23. The van der Waals surface area contributed by atoms with Gasteiger partial charge in [-0.1, -0.05) is 44.2 Å². The van der Waals surface area contributed by atoms with Crippen molar-refractivity contribution in [3.63, 3.8) is 0 Å². The van der Waals surface area contributed by atoms with Gasteiger partial charge in [0.2, 0.25) is 5.78 Å². The third-order valence-electron chi connectivity index (χ3n) is 5.82. The van der Waals surface area contributed by atoms with Crippen molar-refractivity contribution in [2.75, 3.05) is 6.54 Å². The Morgan fingerprint density at radius 2 is 1.75 bits per heavy atom. The van der Waals surface area contributed by atoms with Gasteiger partial charge in [-0.3, -0.25) is 19.4 Å². The van der Waals surface area contributed by atoms with Gasteiger partial charge in [0.15, 0.2) is 17.3 Å². The molecule has 0 spiro atoms. The predicted molar refractivity (Wildman–Crippen MR) is 103 cm³/mol. The van der Waals surface area contributed by atoms with Gasteiger partial charge >= 0.3 is 0 Å². The van der Waals surface area contributed by atoms with E-state index >= 15 is 0 Å². The van der Waals surface area contributed by atoms with Crippen molar-refractivity contribution >= 4 is 23.6 Å². The molecule has 5 heteroatoms. The third kappa shape index (κ3) is 2.32. The van der Waals surface area contributed by atoms with Gasteiger partial charge in [0.1, 0.15) is 5.76 Å². The maximum Gasteiger partial charge on any atom is 0.227 e. The summed E-state index contributed by atoms with van der Waals surface area (Å²) >= 11 is 0. The van der Waals surface area contributed by atoms with Crippen LogP contribution in [0.2, 0.25) is 0 Å². The van der Waals surface area contributed by atoms with E-state index < -0.39 is 5.92 Å². The Morgan fingerprint density at radius 3 is 2.50 bits per heavy atom. The highest BCUT2D eigenvalue weighted by Crippen LogP contribution is 2.51. The normalized spacial score (nSPS) is 25.6. The lowest BCUT2D eigenvalue weighted by Crippen LogP contribution is -2.37. The largest absolute Gasteiger partial charge is 0.457 e. The van der Waals surface area contributed by atoms with Crippen LogP contribution in [0.25, 0.3) is 0 Å². The van der Waals surface area contributed by atoms with Crippen LogP contribution in [-0.2, 0) is 19.1 Å². The van der Waals surface area contributed by atoms with Gasteiger partial charge in [-0.25, -0.2) is 0 Å². The van der Waals surface area contributed by atoms with Gasteiger partial charge in [-0.05, 0) is 11.0 Å². The quantitative estimate of drug-likeness (QED) is 0.709. The topological polar surface area (TPSA) is 72.8 Å². The number of rotatable bonds is 1. The highest BCUT2D eigenvalue weighted by Gasteiger charge is 2.49. The highest BCUT2D eigenvalue weighted by atomic mass is 16.5. The first-order chi connectivity index (χ1) is 13.4. The van der Waals surface area contributed by atoms with Crippen molar-refractivity contribution in [3.8, 4) is 0 Å². The fourth-order valence-corrected chi connectivity index (χ4v) is 4.59. The van der Waals surface area contributed by atoms with Crippen molar-refractivity contribution in [1.29, 1.82) is 0 Å². The van der Waals surface area contributed by atoms with Crippen molar-refractivity contribution in [3.05, 3.63) is 69.7 Å². The van der Waals surface area contributed by atoms with Crippen LogP contribution >= 0.6 is 0 Å². The molecule has 0 bridgehead atoms. The lowest BCUT2D eigenvalue weighted by Gasteiger charge is -2.39. The van der Waals surface area contributed by atoms with Gasteiger partial charge in [0.05, 0.1) is 12.1 Å². The minimum atomic E-state index is -0.581. The number of hydrogen-bond donors (Lipinski definition) is 0. The zero-order chi connectivity index (χ0) is 19.6. The minimum absolute atomic E-state index is 0.0215. The molecular formula is C23H19NO4. The standard InChI is InChI=1S/C23H19NO4/c1-23(2)8-15(25)18-16(9-23)28-22-19(17(18)12-6-4-3-5-7-12)20(26)13-10-24-11-14(13)21(22)27/h3-7,10,17H,8-9,11H2,1-2H3. The number of ketones is 3.